The summed E-state index contributed by atoms with van der Waals surface area (Å²) in [6, 6.07) is 4.30. The van der Waals surface area contributed by atoms with Crippen molar-refractivity contribution in [3.63, 3.8) is 0 Å². The fourth-order valence-corrected chi connectivity index (χ4v) is 2.35. The third-order valence-electron chi connectivity index (χ3n) is 3.14. The van der Waals surface area contributed by atoms with Crippen molar-refractivity contribution in [3.8, 4) is 0 Å². The number of aromatic amines is 1. The summed E-state index contributed by atoms with van der Waals surface area (Å²) in [7, 11) is 0. The summed E-state index contributed by atoms with van der Waals surface area (Å²) < 4.78 is 0. The van der Waals surface area contributed by atoms with Crippen LogP contribution in [0, 0.1) is 20.8 Å². The molecular formula is C14H15N5. The summed E-state index contributed by atoms with van der Waals surface area (Å²) in [5.74, 6) is 0.723. The number of hydrogen-bond acceptors (Lipinski definition) is 4. The standard InChI is InChI=1S/C14H15N5/c1-8-4-9(2)11(10(3)5-8)19-14-12-13(16-6-15-12)17-7-18-14/h4-7H,1-3H3,(H2,15,16,17,18,19). The quantitative estimate of drug-likeness (QED) is 0.736. The van der Waals surface area contributed by atoms with E-state index in [0.717, 1.165) is 22.7 Å². The van der Waals surface area contributed by atoms with Gasteiger partial charge in [0.2, 0.25) is 0 Å². The second kappa shape index (κ2) is 4.35. The number of aromatic nitrogens is 4. The van der Waals surface area contributed by atoms with E-state index in [1.165, 1.54) is 23.0 Å². The zero-order valence-corrected chi connectivity index (χ0v) is 11.2. The summed E-state index contributed by atoms with van der Waals surface area (Å²) >= 11 is 0. The van der Waals surface area contributed by atoms with Crippen LogP contribution in [-0.4, -0.2) is 19.9 Å². The van der Waals surface area contributed by atoms with E-state index in [2.05, 4.69) is 58.2 Å². The van der Waals surface area contributed by atoms with Gasteiger partial charge in [-0.15, -0.1) is 0 Å². The lowest BCUT2D eigenvalue weighted by molar-refractivity contribution is 1.19. The van der Waals surface area contributed by atoms with Gasteiger partial charge in [-0.2, -0.15) is 0 Å². The molecule has 0 radical (unpaired) electrons. The SMILES string of the molecule is Cc1cc(C)c(Nc2ncnc3[nH]cnc23)c(C)c1. The van der Waals surface area contributed by atoms with Gasteiger partial charge in [0.15, 0.2) is 17.0 Å². The molecule has 2 N–H and O–H groups in total. The summed E-state index contributed by atoms with van der Waals surface area (Å²) in [5.41, 5.74) is 6.21. The van der Waals surface area contributed by atoms with E-state index in [1.807, 2.05) is 0 Å². The van der Waals surface area contributed by atoms with E-state index in [-0.39, 0.29) is 0 Å². The molecule has 96 valence electrons. The van der Waals surface area contributed by atoms with E-state index in [4.69, 9.17) is 0 Å². The van der Waals surface area contributed by atoms with E-state index in [0.29, 0.717) is 0 Å². The molecule has 0 fully saturated rings. The zero-order valence-electron chi connectivity index (χ0n) is 11.2. The predicted molar refractivity (Wildman–Crippen MR) is 75.6 cm³/mol. The molecule has 0 saturated carbocycles. The van der Waals surface area contributed by atoms with Crippen molar-refractivity contribution in [2.75, 3.05) is 5.32 Å². The van der Waals surface area contributed by atoms with Gasteiger partial charge in [0.05, 0.1) is 6.33 Å². The molecule has 0 bridgehead atoms. The number of benzene rings is 1. The maximum absolute atomic E-state index is 4.27. The summed E-state index contributed by atoms with van der Waals surface area (Å²) in [6.45, 7) is 6.27. The molecule has 1 aromatic carbocycles. The van der Waals surface area contributed by atoms with Gasteiger partial charge in [-0.05, 0) is 31.9 Å². The third-order valence-corrected chi connectivity index (χ3v) is 3.14. The first-order valence-electron chi connectivity index (χ1n) is 6.14. The second-order valence-electron chi connectivity index (χ2n) is 4.72. The zero-order chi connectivity index (χ0) is 13.4. The molecule has 0 aliphatic rings. The van der Waals surface area contributed by atoms with Crippen LogP contribution < -0.4 is 5.32 Å². The van der Waals surface area contributed by atoms with Crippen molar-refractivity contribution >= 4 is 22.7 Å². The van der Waals surface area contributed by atoms with Crippen molar-refractivity contribution in [2.45, 2.75) is 20.8 Å². The van der Waals surface area contributed by atoms with Gasteiger partial charge < -0.3 is 10.3 Å². The number of hydrogen-bond donors (Lipinski definition) is 2. The molecule has 2 aromatic heterocycles. The van der Waals surface area contributed by atoms with Crippen LogP contribution in [0.3, 0.4) is 0 Å². The van der Waals surface area contributed by atoms with Gasteiger partial charge in [-0.3, -0.25) is 0 Å². The molecule has 0 aliphatic carbocycles. The number of H-pyrrole nitrogens is 1. The minimum Gasteiger partial charge on any atom is -0.338 e. The third kappa shape index (κ3) is 2.03. The Hall–Kier alpha value is -2.43. The Kier molecular flexibility index (Phi) is 2.67. The summed E-state index contributed by atoms with van der Waals surface area (Å²) in [4.78, 5) is 15.6. The highest BCUT2D eigenvalue weighted by Gasteiger charge is 2.09. The Morgan fingerprint density at radius 2 is 1.74 bits per heavy atom. The lowest BCUT2D eigenvalue weighted by atomic mass is 10.1. The van der Waals surface area contributed by atoms with Crippen molar-refractivity contribution in [3.05, 3.63) is 41.5 Å². The highest BCUT2D eigenvalue weighted by molar-refractivity contribution is 5.85. The number of nitrogens with zero attached hydrogens (tertiary/aromatic N) is 3. The molecule has 2 heterocycles. The van der Waals surface area contributed by atoms with E-state index in [9.17, 15) is 0 Å². The summed E-state index contributed by atoms with van der Waals surface area (Å²) in [5, 5.41) is 3.36. The van der Waals surface area contributed by atoms with Crippen LogP contribution in [0.4, 0.5) is 11.5 Å². The van der Waals surface area contributed by atoms with Gasteiger partial charge in [-0.1, -0.05) is 17.7 Å². The molecule has 0 unspecified atom stereocenters. The number of imidazole rings is 1. The van der Waals surface area contributed by atoms with E-state index in [1.54, 1.807) is 6.33 Å². The molecule has 3 rings (SSSR count). The molecule has 5 nitrogen and oxygen atoms in total. The Morgan fingerprint density at radius 1 is 1.00 bits per heavy atom. The second-order valence-corrected chi connectivity index (χ2v) is 4.72. The molecule has 0 aliphatic heterocycles. The van der Waals surface area contributed by atoms with Crippen LogP contribution in [0.15, 0.2) is 24.8 Å². The summed E-state index contributed by atoms with van der Waals surface area (Å²) in [6.07, 6.45) is 3.15. The Morgan fingerprint density at radius 3 is 2.47 bits per heavy atom. The Bertz CT molecular complexity index is 721. The predicted octanol–water partition coefficient (Wildman–Crippen LogP) is 3.02. The molecule has 5 heteroatoms. The molecule has 19 heavy (non-hydrogen) atoms. The van der Waals surface area contributed by atoms with Crippen molar-refractivity contribution in [1.82, 2.24) is 19.9 Å². The van der Waals surface area contributed by atoms with Crippen molar-refractivity contribution in [2.24, 2.45) is 0 Å². The van der Waals surface area contributed by atoms with Crippen LogP contribution in [0.1, 0.15) is 16.7 Å². The molecule has 0 atom stereocenters. The average Bonchev–Trinajstić information content (AvgIpc) is 2.82. The van der Waals surface area contributed by atoms with Crippen LogP contribution >= 0.6 is 0 Å². The number of nitrogens with one attached hydrogen (secondary N) is 2. The van der Waals surface area contributed by atoms with Crippen LogP contribution in [0.2, 0.25) is 0 Å². The first-order chi connectivity index (χ1) is 9.15. The van der Waals surface area contributed by atoms with Gasteiger partial charge in [-0.25, -0.2) is 15.0 Å². The molecule has 0 amide bonds. The van der Waals surface area contributed by atoms with Gasteiger partial charge >= 0.3 is 0 Å². The highest BCUT2D eigenvalue weighted by atomic mass is 15.1. The maximum atomic E-state index is 4.27. The lowest BCUT2D eigenvalue weighted by Gasteiger charge is -2.13. The molecule has 0 saturated heterocycles. The fourth-order valence-electron chi connectivity index (χ4n) is 2.35. The fraction of sp³-hybridized carbons (Fsp3) is 0.214. The van der Waals surface area contributed by atoms with Crippen molar-refractivity contribution < 1.29 is 0 Å². The number of rotatable bonds is 2. The topological polar surface area (TPSA) is 66.5 Å². The monoisotopic (exact) mass is 253 g/mol. The normalized spacial score (nSPS) is 10.9. The first kappa shape index (κ1) is 11.6. The Balaban J connectivity index is 2.09. The largest absolute Gasteiger partial charge is 0.338 e. The average molecular weight is 253 g/mol. The number of fused-ring (bicyclic) bond motifs is 1. The first-order valence-corrected chi connectivity index (χ1v) is 6.14. The van der Waals surface area contributed by atoms with E-state index < -0.39 is 0 Å². The van der Waals surface area contributed by atoms with Gasteiger partial charge in [0, 0.05) is 5.69 Å². The molecular weight excluding hydrogens is 238 g/mol. The lowest BCUT2D eigenvalue weighted by Crippen LogP contribution is -2.00. The molecule has 0 spiro atoms. The van der Waals surface area contributed by atoms with Crippen LogP contribution in [0.5, 0.6) is 0 Å². The molecule has 3 aromatic rings. The minimum atomic E-state index is 0.723. The van der Waals surface area contributed by atoms with E-state index >= 15 is 0 Å². The van der Waals surface area contributed by atoms with Crippen LogP contribution in [-0.2, 0) is 0 Å². The Labute approximate surface area is 111 Å². The van der Waals surface area contributed by atoms with Crippen LogP contribution in [0.25, 0.3) is 11.2 Å². The maximum Gasteiger partial charge on any atom is 0.162 e. The van der Waals surface area contributed by atoms with Crippen molar-refractivity contribution in [1.29, 1.82) is 0 Å². The van der Waals surface area contributed by atoms with Gasteiger partial charge in [0.25, 0.3) is 0 Å². The van der Waals surface area contributed by atoms with Gasteiger partial charge in [0.1, 0.15) is 6.33 Å². The number of anilines is 2. The highest BCUT2D eigenvalue weighted by Crippen LogP contribution is 2.27. The number of aryl methyl sites for hydroxylation is 3. The smallest absolute Gasteiger partial charge is 0.162 e. The minimum absolute atomic E-state index is 0.723.